The molecule has 4 rings (SSSR count). The maximum Gasteiger partial charge on any atom is 0.142 e. The molecule has 0 radical (unpaired) electrons. The molecule has 1 N–H and O–H groups in total. The molecule has 4 nitrogen and oxygen atoms in total. The van der Waals surface area contributed by atoms with Gasteiger partial charge in [-0.15, -0.1) is 0 Å². The van der Waals surface area contributed by atoms with Crippen molar-refractivity contribution in [2.45, 2.75) is 0 Å². The number of nitrogens with zero attached hydrogens (tertiary/aromatic N) is 3. The molecule has 0 unspecified atom stereocenters. The smallest absolute Gasteiger partial charge is 0.142 e. The Bertz CT molecular complexity index is 1020. The first-order chi connectivity index (χ1) is 11.1. The lowest BCUT2D eigenvalue weighted by atomic mass is 10.0. The molecule has 0 atom stereocenters. The highest BCUT2D eigenvalue weighted by Crippen LogP contribution is 2.35. The van der Waals surface area contributed by atoms with Crippen LogP contribution in [0.3, 0.4) is 0 Å². The Hall–Kier alpha value is -2.66. The van der Waals surface area contributed by atoms with E-state index in [2.05, 4.69) is 15.1 Å². The van der Waals surface area contributed by atoms with E-state index in [0.717, 1.165) is 27.7 Å². The number of H-pyrrole nitrogens is 1. The van der Waals surface area contributed by atoms with E-state index in [1.807, 2.05) is 25.5 Å². The summed E-state index contributed by atoms with van der Waals surface area (Å²) < 4.78 is 15.5. The molecule has 114 valence electrons. The fourth-order valence-electron chi connectivity index (χ4n) is 2.67. The van der Waals surface area contributed by atoms with E-state index < -0.39 is 5.82 Å². The number of hydrogen-bond acceptors (Lipinski definition) is 2. The molecule has 0 saturated heterocycles. The van der Waals surface area contributed by atoms with Crippen LogP contribution in [0.4, 0.5) is 4.39 Å². The summed E-state index contributed by atoms with van der Waals surface area (Å²) >= 11 is 6.13. The van der Waals surface area contributed by atoms with E-state index in [4.69, 9.17) is 11.6 Å². The van der Waals surface area contributed by atoms with Crippen molar-refractivity contribution in [2.75, 3.05) is 0 Å². The minimum absolute atomic E-state index is 0.119. The average molecular weight is 327 g/mol. The highest BCUT2D eigenvalue weighted by atomic mass is 35.5. The lowest BCUT2D eigenvalue weighted by Crippen LogP contribution is -1.85. The number of benzene rings is 1. The van der Waals surface area contributed by atoms with Crippen molar-refractivity contribution < 1.29 is 4.39 Å². The summed E-state index contributed by atoms with van der Waals surface area (Å²) in [4.78, 5) is 7.60. The van der Waals surface area contributed by atoms with E-state index in [-0.39, 0.29) is 5.02 Å². The number of aryl methyl sites for hydroxylation is 1. The van der Waals surface area contributed by atoms with Crippen LogP contribution in [0.1, 0.15) is 0 Å². The number of aromatic amines is 1. The first-order valence-corrected chi connectivity index (χ1v) is 7.42. The molecule has 6 heteroatoms. The predicted molar refractivity (Wildman–Crippen MR) is 88.7 cm³/mol. The van der Waals surface area contributed by atoms with E-state index in [0.29, 0.717) is 5.56 Å². The quantitative estimate of drug-likeness (QED) is 0.592. The monoisotopic (exact) mass is 326 g/mol. The third-order valence-corrected chi connectivity index (χ3v) is 4.19. The summed E-state index contributed by atoms with van der Waals surface area (Å²) in [6.07, 6.45) is 7.24. The summed E-state index contributed by atoms with van der Waals surface area (Å²) in [6.45, 7) is 0. The predicted octanol–water partition coefficient (Wildman–Crippen LogP) is 4.42. The number of aromatic nitrogens is 4. The Labute approximate surface area is 136 Å². The van der Waals surface area contributed by atoms with Crippen LogP contribution in [0.2, 0.25) is 5.02 Å². The van der Waals surface area contributed by atoms with E-state index >= 15 is 0 Å². The van der Waals surface area contributed by atoms with E-state index in [1.165, 1.54) is 6.07 Å². The Kier molecular flexibility index (Phi) is 3.16. The largest absolute Gasteiger partial charge is 0.359 e. The summed E-state index contributed by atoms with van der Waals surface area (Å²) in [5.74, 6) is -0.431. The maximum absolute atomic E-state index is 13.8. The van der Waals surface area contributed by atoms with Crippen LogP contribution in [0.5, 0.6) is 0 Å². The summed E-state index contributed by atoms with van der Waals surface area (Å²) in [7, 11) is 1.86. The molecule has 0 fully saturated rings. The van der Waals surface area contributed by atoms with E-state index in [1.54, 1.807) is 29.2 Å². The molecule has 23 heavy (non-hydrogen) atoms. The Morgan fingerprint density at radius 1 is 1.22 bits per heavy atom. The zero-order chi connectivity index (χ0) is 16.0. The Morgan fingerprint density at radius 2 is 2.09 bits per heavy atom. The van der Waals surface area contributed by atoms with Gasteiger partial charge in [-0.3, -0.25) is 9.67 Å². The van der Waals surface area contributed by atoms with Crippen molar-refractivity contribution in [1.82, 2.24) is 19.7 Å². The third kappa shape index (κ3) is 2.29. The maximum atomic E-state index is 13.8. The van der Waals surface area contributed by atoms with Crippen LogP contribution in [0, 0.1) is 5.82 Å². The number of hydrogen-bond donors (Lipinski definition) is 1. The third-order valence-electron chi connectivity index (χ3n) is 3.81. The Morgan fingerprint density at radius 3 is 2.87 bits per heavy atom. The van der Waals surface area contributed by atoms with Crippen molar-refractivity contribution in [2.24, 2.45) is 7.05 Å². The van der Waals surface area contributed by atoms with Gasteiger partial charge in [-0.05, 0) is 12.1 Å². The molecule has 0 amide bonds. The number of rotatable bonds is 2. The van der Waals surface area contributed by atoms with Gasteiger partial charge in [0.15, 0.2) is 0 Å². The average Bonchev–Trinajstić information content (AvgIpc) is 3.16. The fourth-order valence-corrected chi connectivity index (χ4v) is 2.89. The zero-order valence-corrected chi connectivity index (χ0v) is 13.0. The lowest BCUT2D eigenvalue weighted by Gasteiger charge is -2.04. The summed E-state index contributed by atoms with van der Waals surface area (Å²) in [5, 5.41) is 5.22. The molecule has 0 aliphatic rings. The van der Waals surface area contributed by atoms with Gasteiger partial charge in [0.25, 0.3) is 0 Å². The van der Waals surface area contributed by atoms with Gasteiger partial charge in [0.1, 0.15) is 5.82 Å². The first kappa shape index (κ1) is 14.0. The molecule has 1 aromatic carbocycles. The fraction of sp³-hybridized carbons (Fsp3) is 0.0588. The first-order valence-electron chi connectivity index (χ1n) is 7.04. The summed E-state index contributed by atoms with van der Waals surface area (Å²) in [5.41, 5.74) is 4.09. The molecule has 0 spiro atoms. The number of halogens is 2. The zero-order valence-electron chi connectivity index (χ0n) is 12.2. The van der Waals surface area contributed by atoms with Crippen molar-refractivity contribution in [3.63, 3.8) is 0 Å². The topological polar surface area (TPSA) is 46.5 Å². The van der Waals surface area contributed by atoms with Crippen molar-refractivity contribution in [3.8, 4) is 22.4 Å². The standard InChI is InChI=1S/C17H12ClFN4/c1-23-9-10(6-22-23)15-5-12-13(7-20-16(12)8-21-15)11-3-2-4-14(19)17(11)18/h2-9,20H,1H3. The van der Waals surface area contributed by atoms with Crippen LogP contribution in [-0.2, 0) is 7.05 Å². The molecule has 0 aliphatic heterocycles. The molecular formula is C17H12ClFN4. The number of nitrogens with one attached hydrogen (secondary N) is 1. The second-order valence-electron chi connectivity index (χ2n) is 5.32. The highest BCUT2D eigenvalue weighted by Gasteiger charge is 2.14. The minimum Gasteiger partial charge on any atom is -0.359 e. The molecular weight excluding hydrogens is 315 g/mol. The van der Waals surface area contributed by atoms with Crippen LogP contribution >= 0.6 is 11.6 Å². The van der Waals surface area contributed by atoms with Gasteiger partial charge in [0.05, 0.1) is 28.6 Å². The van der Waals surface area contributed by atoms with Gasteiger partial charge in [0.2, 0.25) is 0 Å². The second kappa shape index (κ2) is 5.21. The normalized spacial score (nSPS) is 11.3. The van der Waals surface area contributed by atoms with Gasteiger partial charge in [-0.25, -0.2) is 4.39 Å². The van der Waals surface area contributed by atoms with Crippen LogP contribution in [0.15, 0.2) is 49.1 Å². The number of pyridine rings is 1. The molecule has 3 heterocycles. The molecule has 0 saturated carbocycles. The van der Waals surface area contributed by atoms with Crippen LogP contribution in [0.25, 0.3) is 33.3 Å². The van der Waals surface area contributed by atoms with Gasteiger partial charge in [-0.2, -0.15) is 5.10 Å². The minimum atomic E-state index is -0.431. The molecule has 4 aromatic rings. The highest BCUT2D eigenvalue weighted by molar-refractivity contribution is 6.33. The van der Waals surface area contributed by atoms with Gasteiger partial charge < -0.3 is 4.98 Å². The van der Waals surface area contributed by atoms with Gasteiger partial charge in [0, 0.05) is 41.5 Å². The second-order valence-corrected chi connectivity index (χ2v) is 5.70. The van der Waals surface area contributed by atoms with Gasteiger partial charge in [-0.1, -0.05) is 23.7 Å². The molecule has 3 aromatic heterocycles. The SMILES string of the molecule is Cn1cc(-c2cc3c(-c4cccc(F)c4Cl)c[nH]c3cn2)cn1. The van der Waals surface area contributed by atoms with Crippen molar-refractivity contribution >= 4 is 22.5 Å². The van der Waals surface area contributed by atoms with Crippen LogP contribution < -0.4 is 0 Å². The van der Waals surface area contributed by atoms with E-state index in [9.17, 15) is 4.39 Å². The van der Waals surface area contributed by atoms with Crippen molar-refractivity contribution in [1.29, 1.82) is 0 Å². The Balaban J connectivity index is 1.93. The number of fused-ring (bicyclic) bond motifs is 1. The summed E-state index contributed by atoms with van der Waals surface area (Å²) in [6, 6.07) is 6.76. The molecule has 0 bridgehead atoms. The lowest BCUT2D eigenvalue weighted by molar-refractivity contribution is 0.629. The van der Waals surface area contributed by atoms with Gasteiger partial charge >= 0.3 is 0 Å². The molecule has 0 aliphatic carbocycles. The van der Waals surface area contributed by atoms with Crippen LogP contribution in [-0.4, -0.2) is 19.7 Å². The van der Waals surface area contributed by atoms with Crippen molar-refractivity contribution in [3.05, 3.63) is 59.9 Å².